The molecule has 0 fully saturated rings. The lowest BCUT2D eigenvalue weighted by Gasteiger charge is -2.25. The average Bonchev–Trinajstić information content (AvgIpc) is 2.12. The highest BCUT2D eigenvalue weighted by Crippen LogP contribution is 2.33. The number of hydrogen-bond donors (Lipinski definition) is 1. The summed E-state index contributed by atoms with van der Waals surface area (Å²) in [5.41, 5.74) is 2.35. The van der Waals surface area contributed by atoms with Crippen molar-refractivity contribution in [3.63, 3.8) is 0 Å². The lowest BCUT2D eigenvalue weighted by atomic mass is 9.99. The van der Waals surface area contributed by atoms with E-state index in [9.17, 15) is 5.11 Å². The van der Waals surface area contributed by atoms with Crippen molar-refractivity contribution in [2.75, 3.05) is 13.6 Å². The Kier molecular flexibility index (Phi) is 2.30. The standard InChI is InChI=1S/C10H12BrNO/c1-12-5-4-7-2-3-9(11)10(13)8(7)6-12/h2-3,13H,4-6H2,1H3. The number of benzene rings is 1. The number of likely N-dealkylation sites (N-methyl/N-ethyl adjacent to an activating group) is 1. The molecule has 70 valence electrons. The number of phenols is 1. The molecule has 0 saturated carbocycles. The molecule has 0 aliphatic carbocycles. The Bertz CT molecular complexity index is 338. The van der Waals surface area contributed by atoms with Gasteiger partial charge in [0.2, 0.25) is 0 Å². The Morgan fingerprint density at radius 2 is 2.23 bits per heavy atom. The molecule has 1 aliphatic heterocycles. The monoisotopic (exact) mass is 241 g/mol. The van der Waals surface area contributed by atoms with Gasteiger partial charge in [0.1, 0.15) is 5.75 Å². The first-order valence-corrected chi connectivity index (χ1v) is 5.15. The molecule has 2 nitrogen and oxygen atoms in total. The van der Waals surface area contributed by atoms with Crippen molar-refractivity contribution in [3.05, 3.63) is 27.7 Å². The van der Waals surface area contributed by atoms with Gasteiger partial charge in [-0.3, -0.25) is 0 Å². The molecule has 0 unspecified atom stereocenters. The van der Waals surface area contributed by atoms with Crippen LogP contribution in [0.2, 0.25) is 0 Å². The lowest BCUT2D eigenvalue weighted by Crippen LogP contribution is -2.26. The van der Waals surface area contributed by atoms with Gasteiger partial charge in [0.25, 0.3) is 0 Å². The Morgan fingerprint density at radius 3 is 3.00 bits per heavy atom. The van der Waals surface area contributed by atoms with Gasteiger partial charge in [0.05, 0.1) is 4.47 Å². The molecular weight excluding hydrogens is 230 g/mol. The minimum absolute atomic E-state index is 0.407. The fourth-order valence-corrected chi connectivity index (χ4v) is 2.09. The first kappa shape index (κ1) is 9.03. The molecule has 0 aromatic heterocycles. The molecule has 0 bridgehead atoms. The number of fused-ring (bicyclic) bond motifs is 1. The van der Waals surface area contributed by atoms with Gasteiger partial charge in [-0.2, -0.15) is 0 Å². The predicted octanol–water partition coefficient (Wildman–Crippen LogP) is 2.14. The summed E-state index contributed by atoms with van der Waals surface area (Å²) in [6, 6.07) is 4.01. The second-order valence-corrected chi connectivity index (χ2v) is 4.38. The summed E-state index contributed by atoms with van der Waals surface area (Å²) >= 11 is 3.33. The SMILES string of the molecule is CN1CCc2ccc(Br)c(O)c2C1. The van der Waals surface area contributed by atoms with Crippen LogP contribution >= 0.6 is 15.9 Å². The fraction of sp³-hybridized carbons (Fsp3) is 0.400. The zero-order valence-electron chi connectivity index (χ0n) is 7.55. The van der Waals surface area contributed by atoms with Crippen molar-refractivity contribution >= 4 is 15.9 Å². The van der Waals surface area contributed by atoms with Gasteiger partial charge in [0, 0.05) is 18.7 Å². The zero-order valence-corrected chi connectivity index (χ0v) is 9.13. The molecule has 0 atom stereocenters. The van der Waals surface area contributed by atoms with Crippen molar-refractivity contribution < 1.29 is 5.11 Å². The molecule has 0 spiro atoms. The van der Waals surface area contributed by atoms with E-state index in [1.54, 1.807) is 0 Å². The quantitative estimate of drug-likeness (QED) is 0.753. The van der Waals surface area contributed by atoms with Crippen molar-refractivity contribution in [1.82, 2.24) is 4.90 Å². The molecule has 1 aliphatic rings. The number of aromatic hydroxyl groups is 1. The van der Waals surface area contributed by atoms with Crippen LogP contribution in [0.5, 0.6) is 5.75 Å². The molecule has 13 heavy (non-hydrogen) atoms. The maximum atomic E-state index is 9.79. The number of halogens is 1. The van der Waals surface area contributed by atoms with E-state index in [1.165, 1.54) is 5.56 Å². The lowest BCUT2D eigenvalue weighted by molar-refractivity contribution is 0.304. The highest BCUT2D eigenvalue weighted by molar-refractivity contribution is 9.10. The zero-order chi connectivity index (χ0) is 9.42. The van der Waals surface area contributed by atoms with E-state index in [0.29, 0.717) is 5.75 Å². The van der Waals surface area contributed by atoms with E-state index in [-0.39, 0.29) is 0 Å². The Labute approximate surface area is 86.3 Å². The van der Waals surface area contributed by atoms with Crippen molar-refractivity contribution in [1.29, 1.82) is 0 Å². The smallest absolute Gasteiger partial charge is 0.134 e. The fourth-order valence-electron chi connectivity index (χ4n) is 1.72. The maximum Gasteiger partial charge on any atom is 0.134 e. The summed E-state index contributed by atoms with van der Waals surface area (Å²) in [5, 5.41) is 9.79. The third-order valence-corrected chi connectivity index (χ3v) is 3.16. The van der Waals surface area contributed by atoms with Crippen molar-refractivity contribution in [2.24, 2.45) is 0 Å². The van der Waals surface area contributed by atoms with Crippen LogP contribution in [0.4, 0.5) is 0 Å². The summed E-state index contributed by atoms with van der Waals surface area (Å²) in [6.07, 6.45) is 1.03. The number of rotatable bonds is 0. The highest BCUT2D eigenvalue weighted by Gasteiger charge is 2.17. The van der Waals surface area contributed by atoms with Crippen molar-refractivity contribution in [2.45, 2.75) is 13.0 Å². The molecular formula is C10H12BrNO. The molecule has 0 saturated heterocycles. The van der Waals surface area contributed by atoms with Gasteiger partial charge in [0.15, 0.2) is 0 Å². The minimum atomic E-state index is 0.407. The summed E-state index contributed by atoms with van der Waals surface area (Å²) in [7, 11) is 2.07. The molecule has 1 heterocycles. The average molecular weight is 242 g/mol. The van der Waals surface area contributed by atoms with Gasteiger partial charge in [-0.25, -0.2) is 0 Å². The molecule has 1 aromatic carbocycles. The Hall–Kier alpha value is -0.540. The van der Waals surface area contributed by atoms with Gasteiger partial charge in [-0.1, -0.05) is 6.07 Å². The van der Waals surface area contributed by atoms with Crippen LogP contribution in [0.1, 0.15) is 11.1 Å². The van der Waals surface area contributed by atoms with Crippen LogP contribution in [0.3, 0.4) is 0 Å². The molecule has 0 amide bonds. The van der Waals surface area contributed by atoms with Crippen LogP contribution in [0, 0.1) is 0 Å². The number of hydrogen-bond acceptors (Lipinski definition) is 2. The topological polar surface area (TPSA) is 23.5 Å². The summed E-state index contributed by atoms with van der Waals surface area (Å²) in [4.78, 5) is 2.22. The largest absolute Gasteiger partial charge is 0.506 e. The molecule has 3 heteroatoms. The van der Waals surface area contributed by atoms with Gasteiger partial charge < -0.3 is 10.0 Å². The highest BCUT2D eigenvalue weighted by atomic mass is 79.9. The molecule has 1 aromatic rings. The molecule has 0 radical (unpaired) electrons. The summed E-state index contributed by atoms with van der Waals surface area (Å²) in [6.45, 7) is 1.93. The van der Waals surface area contributed by atoms with E-state index >= 15 is 0 Å². The summed E-state index contributed by atoms with van der Waals surface area (Å²) in [5.74, 6) is 0.407. The van der Waals surface area contributed by atoms with E-state index in [0.717, 1.165) is 29.5 Å². The molecule has 2 rings (SSSR count). The first-order chi connectivity index (χ1) is 6.18. The maximum absolute atomic E-state index is 9.79. The summed E-state index contributed by atoms with van der Waals surface area (Å²) < 4.78 is 0.793. The van der Waals surface area contributed by atoms with Gasteiger partial charge in [-0.05, 0) is 41.0 Å². The minimum Gasteiger partial charge on any atom is -0.506 e. The Morgan fingerprint density at radius 1 is 1.46 bits per heavy atom. The third-order valence-electron chi connectivity index (χ3n) is 2.52. The van der Waals surface area contributed by atoms with Crippen LogP contribution in [-0.4, -0.2) is 23.6 Å². The van der Waals surface area contributed by atoms with E-state index in [2.05, 4.69) is 33.9 Å². The third kappa shape index (κ3) is 1.58. The first-order valence-electron chi connectivity index (χ1n) is 4.36. The number of nitrogens with zero attached hydrogens (tertiary/aromatic N) is 1. The number of phenolic OH excluding ortho intramolecular Hbond substituents is 1. The van der Waals surface area contributed by atoms with Gasteiger partial charge in [-0.15, -0.1) is 0 Å². The Balaban J connectivity index is 2.48. The normalized spacial score (nSPS) is 17.1. The van der Waals surface area contributed by atoms with E-state index in [1.807, 2.05) is 6.07 Å². The second-order valence-electron chi connectivity index (χ2n) is 3.52. The van der Waals surface area contributed by atoms with Crippen LogP contribution in [0.25, 0.3) is 0 Å². The second kappa shape index (κ2) is 3.31. The van der Waals surface area contributed by atoms with E-state index < -0.39 is 0 Å². The van der Waals surface area contributed by atoms with E-state index in [4.69, 9.17) is 0 Å². The van der Waals surface area contributed by atoms with Crippen LogP contribution in [-0.2, 0) is 13.0 Å². The van der Waals surface area contributed by atoms with Crippen LogP contribution < -0.4 is 0 Å². The molecule has 1 N–H and O–H groups in total. The van der Waals surface area contributed by atoms with Gasteiger partial charge >= 0.3 is 0 Å². The van der Waals surface area contributed by atoms with Crippen molar-refractivity contribution in [3.8, 4) is 5.75 Å². The van der Waals surface area contributed by atoms with Crippen LogP contribution in [0.15, 0.2) is 16.6 Å². The predicted molar refractivity (Wildman–Crippen MR) is 55.8 cm³/mol.